The lowest BCUT2D eigenvalue weighted by molar-refractivity contribution is -0.150. The minimum Gasteiger partial charge on any atom is -0.463 e. The van der Waals surface area contributed by atoms with E-state index >= 15 is 0 Å². The number of ether oxygens (including phenoxy) is 1. The molecular formula is C33H42N2O5. The summed E-state index contributed by atoms with van der Waals surface area (Å²) in [6.45, 7) is 7.39. The first kappa shape index (κ1) is 30.8. The molecule has 0 spiro atoms. The van der Waals surface area contributed by atoms with Gasteiger partial charge in [0.2, 0.25) is 11.8 Å². The number of nitrogens with one attached hydrogen (secondary N) is 2. The van der Waals surface area contributed by atoms with E-state index in [1.54, 1.807) is 12.2 Å². The third kappa shape index (κ3) is 9.19. The fraction of sp³-hybridized carbons (Fsp3) is 0.424. The molecule has 40 heavy (non-hydrogen) atoms. The molecule has 7 nitrogen and oxygen atoms in total. The van der Waals surface area contributed by atoms with E-state index < -0.39 is 23.4 Å². The predicted octanol–water partition coefficient (Wildman–Crippen LogP) is 4.83. The molecule has 0 saturated heterocycles. The molecule has 1 aliphatic rings. The van der Waals surface area contributed by atoms with Crippen LogP contribution >= 0.6 is 0 Å². The summed E-state index contributed by atoms with van der Waals surface area (Å²) in [6, 6.07) is 18.5. The van der Waals surface area contributed by atoms with Crippen LogP contribution in [0.3, 0.4) is 0 Å². The van der Waals surface area contributed by atoms with Crippen LogP contribution < -0.4 is 10.6 Å². The number of esters is 1. The number of carbonyl (C=O) groups excluding carboxylic acids is 3. The minimum atomic E-state index is -0.650. The molecule has 1 fully saturated rings. The highest BCUT2D eigenvalue weighted by Gasteiger charge is 2.35. The summed E-state index contributed by atoms with van der Waals surface area (Å²) in [6.07, 6.45) is 7.98. The van der Waals surface area contributed by atoms with Gasteiger partial charge in [0.1, 0.15) is 6.61 Å². The van der Waals surface area contributed by atoms with E-state index in [4.69, 9.17) is 4.74 Å². The lowest BCUT2D eigenvalue weighted by Gasteiger charge is -2.29. The van der Waals surface area contributed by atoms with Gasteiger partial charge < -0.3 is 20.5 Å². The first-order valence-electron chi connectivity index (χ1n) is 14.1. The van der Waals surface area contributed by atoms with Crippen LogP contribution in [0, 0.1) is 11.8 Å². The van der Waals surface area contributed by atoms with Gasteiger partial charge in [-0.1, -0.05) is 85.7 Å². The Bertz CT molecular complexity index is 1110. The molecule has 2 aromatic rings. The van der Waals surface area contributed by atoms with Crippen LogP contribution in [-0.2, 0) is 25.5 Å². The van der Waals surface area contributed by atoms with Gasteiger partial charge in [-0.2, -0.15) is 0 Å². The Morgan fingerprint density at radius 3 is 2.12 bits per heavy atom. The lowest BCUT2D eigenvalue weighted by Crippen LogP contribution is -2.50. The summed E-state index contributed by atoms with van der Waals surface area (Å²) in [5.41, 5.74) is 1.22. The maximum Gasteiger partial charge on any atom is 0.309 e. The summed E-state index contributed by atoms with van der Waals surface area (Å²) in [4.78, 5) is 39.4. The van der Waals surface area contributed by atoms with Crippen molar-refractivity contribution in [3.05, 3.63) is 97.1 Å². The fourth-order valence-electron chi connectivity index (χ4n) is 5.27. The smallest absolute Gasteiger partial charge is 0.309 e. The van der Waals surface area contributed by atoms with Crippen LogP contribution in [0.4, 0.5) is 0 Å². The Hall–Kier alpha value is -3.71. The van der Waals surface area contributed by atoms with Gasteiger partial charge in [0.15, 0.2) is 0 Å². The number of rotatable bonds is 16. The SMILES string of the molecule is C=CC[C@H](CC(=O)NC1(CO)CCCC1)C(=O)N[C@H](COC(=O)[C@@H](CC=C)Cc1ccccc1)c1ccccc1. The summed E-state index contributed by atoms with van der Waals surface area (Å²) in [5.74, 6) is -1.99. The predicted molar refractivity (Wildman–Crippen MR) is 156 cm³/mol. The number of hydrogen-bond acceptors (Lipinski definition) is 5. The average Bonchev–Trinajstić information content (AvgIpc) is 3.44. The first-order chi connectivity index (χ1) is 19.4. The van der Waals surface area contributed by atoms with Gasteiger partial charge in [-0.25, -0.2) is 0 Å². The Kier molecular flexibility index (Phi) is 12.2. The van der Waals surface area contributed by atoms with E-state index in [1.807, 2.05) is 60.7 Å². The van der Waals surface area contributed by atoms with E-state index in [-0.39, 0.29) is 37.4 Å². The summed E-state index contributed by atoms with van der Waals surface area (Å²) in [7, 11) is 0. The molecule has 1 aliphatic carbocycles. The normalized spacial score (nSPS) is 16.2. The number of carbonyl (C=O) groups is 3. The number of aliphatic hydroxyl groups excluding tert-OH is 1. The molecule has 0 aromatic heterocycles. The number of aliphatic hydroxyl groups is 1. The van der Waals surface area contributed by atoms with Gasteiger partial charge >= 0.3 is 5.97 Å². The third-order valence-corrected chi connectivity index (χ3v) is 7.54. The molecule has 0 bridgehead atoms. The fourth-order valence-corrected chi connectivity index (χ4v) is 5.27. The number of benzene rings is 2. The van der Waals surface area contributed by atoms with Gasteiger partial charge in [-0.15, -0.1) is 13.2 Å². The molecule has 3 N–H and O–H groups in total. The standard InChI is InChI=1S/C33H42N2O5/c1-3-13-27(22-30(37)35-33(24-36)19-11-12-20-33)31(38)34-29(26-17-9-6-10-18-26)23-40-32(39)28(14-4-2)21-25-15-7-5-8-16-25/h3-10,15-18,27-29,36H,1-2,11-14,19-24H2,(H,34,38)(H,35,37)/t27-,28+,29-/m1/s1. The molecule has 1 saturated carbocycles. The van der Waals surface area contributed by atoms with Crippen molar-refractivity contribution in [1.29, 1.82) is 0 Å². The van der Waals surface area contributed by atoms with E-state index in [9.17, 15) is 19.5 Å². The summed E-state index contributed by atoms with van der Waals surface area (Å²) < 4.78 is 5.75. The Morgan fingerprint density at radius 1 is 0.925 bits per heavy atom. The van der Waals surface area contributed by atoms with Gasteiger partial charge in [0.05, 0.1) is 30.0 Å². The Labute approximate surface area is 237 Å². The van der Waals surface area contributed by atoms with Crippen molar-refractivity contribution in [2.24, 2.45) is 11.8 Å². The second-order valence-electron chi connectivity index (χ2n) is 10.6. The maximum absolute atomic E-state index is 13.4. The van der Waals surface area contributed by atoms with Crippen molar-refractivity contribution in [2.75, 3.05) is 13.2 Å². The Balaban J connectivity index is 1.67. The van der Waals surface area contributed by atoms with Crippen molar-refractivity contribution in [3.8, 4) is 0 Å². The van der Waals surface area contributed by atoms with Crippen LogP contribution in [0.1, 0.15) is 62.1 Å². The quantitative estimate of drug-likeness (QED) is 0.207. The molecule has 3 rings (SSSR count). The summed E-state index contributed by atoms with van der Waals surface area (Å²) in [5, 5.41) is 15.8. The van der Waals surface area contributed by atoms with E-state index in [0.717, 1.165) is 36.8 Å². The third-order valence-electron chi connectivity index (χ3n) is 7.54. The molecule has 0 aliphatic heterocycles. The second-order valence-corrected chi connectivity index (χ2v) is 10.6. The zero-order valence-electron chi connectivity index (χ0n) is 23.2. The topological polar surface area (TPSA) is 105 Å². The van der Waals surface area contributed by atoms with Crippen LogP contribution in [0.25, 0.3) is 0 Å². The highest BCUT2D eigenvalue weighted by atomic mass is 16.5. The molecule has 0 heterocycles. The lowest BCUT2D eigenvalue weighted by atomic mass is 9.95. The maximum atomic E-state index is 13.4. The van der Waals surface area contributed by atoms with Crippen molar-refractivity contribution in [2.45, 2.75) is 62.9 Å². The molecule has 7 heteroatoms. The highest BCUT2D eigenvalue weighted by Crippen LogP contribution is 2.29. The Morgan fingerprint density at radius 2 is 1.52 bits per heavy atom. The van der Waals surface area contributed by atoms with Crippen molar-refractivity contribution in [3.63, 3.8) is 0 Å². The van der Waals surface area contributed by atoms with Gasteiger partial charge in [-0.3, -0.25) is 14.4 Å². The number of allylic oxidation sites excluding steroid dienone is 2. The van der Waals surface area contributed by atoms with Crippen molar-refractivity contribution < 1.29 is 24.2 Å². The second kappa shape index (κ2) is 15.8. The molecule has 3 atom stereocenters. The van der Waals surface area contributed by atoms with E-state index in [1.165, 1.54) is 0 Å². The average molecular weight is 547 g/mol. The molecule has 0 unspecified atom stereocenters. The number of amides is 2. The van der Waals surface area contributed by atoms with Crippen LogP contribution in [0.2, 0.25) is 0 Å². The highest BCUT2D eigenvalue weighted by molar-refractivity contribution is 5.86. The molecular weight excluding hydrogens is 504 g/mol. The van der Waals surface area contributed by atoms with Gasteiger partial charge in [-0.05, 0) is 43.2 Å². The number of hydrogen-bond donors (Lipinski definition) is 3. The monoisotopic (exact) mass is 546 g/mol. The van der Waals surface area contributed by atoms with Crippen LogP contribution in [0.5, 0.6) is 0 Å². The van der Waals surface area contributed by atoms with Crippen LogP contribution in [0.15, 0.2) is 86.0 Å². The van der Waals surface area contributed by atoms with Gasteiger partial charge in [0, 0.05) is 6.42 Å². The molecule has 2 amide bonds. The molecule has 214 valence electrons. The molecule has 0 radical (unpaired) electrons. The van der Waals surface area contributed by atoms with E-state index in [0.29, 0.717) is 19.3 Å². The largest absolute Gasteiger partial charge is 0.463 e. The minimum absolute atomic E-state index is 0.0284. The summed E-state index contributed by atoms with van der Waals surface area (Å²) >= 11 is 0. The zero-order chi connectivity index (χ0) is 28.8. The van der Waals surface area contributed by atoms with Crippen molar-refractivity contribution >= 4 is 17.8 Å². The van der Waals surface area contributed by atoms with Crippen molar-refractivity contribution in [1.82, 2.24) is 10.6 Å². The van der Waals surface area contributed by atoms with E-state index in [2.05, 4.69) is 23.8 Å². The molecule has 2 aromatic carbocycles. The first-order valence-corrected chi connectivity index (χ1v) is 14.1. The van der Waals surface area contributed by atoms with Gasteiger partial charge in [0.25, 0.3) is 0 Å². The zero-order valence-corrected chi connectivity index (χ0v) is 23.2. The van der Waals surface area contributed by atoms with Crippen LogP contribution in [-0.4, -0.2) is 41.6 Å².